The van der Waals surface area contributed by atoms with Gasteiger partial charge in [-0.05, 0) is 54.9 Å². The average Bonchev–Trinajstić information content (AvgIpc) is 3.47. The zero-order valence-corrected chi connectivity index (χ0v) is 16.8. The van der Waals surface area contributed by atoms with Gasteiger partial charge in [0.1, 0.15) is 5.41 Å². The van der Waals surface area contributed by atoms with Crippen LogP contribution in [0.3, 0.4) is 0 Å². The summed E-state index contributed by atoms with van der Waals surface area (Å²) < 4.78 is 10.8. The van der Waals surface area contributed by atoms with Gasteiger partial charge in [-0.15, -0.1) is 0 Å². The molecule has 148 valence electrons. The topological polar surface area (TPSA) is 67.9 Å². The molecule has 1 aromatic rings. The Morgan fingerprint density at radius 1 is 1.15 bits per heavy atom. The molecule has 0 unspecified atom stereocenters. The third-order valence-electron chi connectivity index (χ3n) is 5.61. The predicted molar refractivity (Wildman–Crippen MR) is 103 cm³/mol. The summed E-state index contributed by atoms with van der Waals surface area (Å²) in [6, 6.07) is 3.93. The Kier molecular flexibility index (Phi) is 5.63. The third-order valence-corrected chi connectivity index (χ3v) is 5.61. The highest BCUT2D eigenvalue weighted by Gasteiger charge is 2.58. The SMILES string of the molecule is COc1cc2c(cc1OC)CN(C(=O)C1(C(=O)NCCC(C)C)CC1)CC2. The van der Waals surface area contributed by atoms with E-state index in [1.165, 1.54) is 5.56 Å². The van der Waals surface area contributed by atoms with Crippen molar-refractivity contribution in [2.75, 3.05) is 27.3 Å². The van der Waals surface area contributed by atoms with Gasteiger partial charge in [0.05, 0.1) is 14.2 Å². The Morgan fingerprint density at radius 2 is 1.78 bits per heavy atom. The van der Waals surface area contributed by atoms with Crippen LogP contribution in [0.25, 0.3) is 0 Å². The van der Waals surface area contributed by atoms with Crippen LogP contribution in [-0.2, 0) is 22.6 Å². The Morgan fingerprint density at radius 3 is 2.33 bits per heavy atom. The molecule has 2 amide bonds. The van der Waals surface area contributed by atoms with E-state index in [4.69, 9.17) is 9.47 Å². The van der Waals surface area contributed by atoms with Crippen molar-refractivity contribution < 1.29 is 19.1 Å². The maximum absolute atomic E-state index is 13.1. The molecule has 0 atom stereocenters. The van der Waals surface area contributed by atoms with Crippen molar-refractivity contribution in [3.8, 4) is 11.5 Å². The summed E-state index contributed by atoms with van der Waals surface area (Å²) >= 11 is 0. The normalized spacial score (nSPS) is 17.3. The number of methoxy groups -OCH3 is 2. The summed E-state index contributed by atoms with van der Waals surface area (Å²) in [5.74, 6) is 1.76. The van der Waals surface area contributed by atoms with Gasteiger partial charge < -0.3 is 19.7 Å². The molecule has 1 heterocycles. The van der Waals surface area contributed by atoms with Gasteiger partial charge in [-0.1, -0.05) is 13.8 Å². The van der Waals surface area contributed by atoms with Crippen LogP contribution in [0, 0.1) is 11.3 Å². The molecule has 1 fully saturated rings. The zero-order chi connectivity index (χ0) is 19.6. The van der Waals surface area contributed by atoms with Crippen molar-refractivity contribution in [3.05, 3.63) is 23.3 Å². The van der Waals surface area contributed by atoms with E-state index in [9.17, 15) is 9.59 Å². The molecule has 0 radical (unpaired) electrons. The minimum absolute atomic E-state index is 0.0371. The lowest BCUT2D eigenvalue weighted by Gasteiger charge is -2.32. The van der Waals surface area contributed by atoms with Crippen molar-refractivity contribution >= 4 is 11.8 Å². The minimum Gasteiger partial charge on any atom is -0.493 e. The number of rotatable bonds is 7. The van der Waals surface area contributed by atoms with Gasteiger partial charge >= 0.3 is 0 Å². The second kappa shape index (κ2) is 7.79. The standard InChI is InChI=1S/C21H30N2O4/c1-14(2)5-9-22-19(24)21(7-8-21)20(25)23-10-6-15-11-17(26-3)18(27-4)12-16(15)13-23/h11-12,14H,5-10,13H2,1-4H3,(H,22,24). The highest BCUT2D eigenvalue weighted by atomic mass is 16.5. The Hall–Kier alpha value is -2.24. The van der Waals surface area contributed by atoms with Crippen LogP contribution in [0.1, 0.15) is 44.2 Å². The molecule has 0 spiro atoms. The summed E-state index contributed by atoms with van der Waals surface area (Å²) in [4.78, 5) is 27.6. The lowest BCUT2D eigenvalue weighted by molar-refractivity contribution is -0.145. The number of fused-ring (bicyclic) bond motifs is 1. The molecule has 2 aliphatic rings. The van der Waals surface area contributed by atoms with Gasteiger partial charge in [-0.25, -0.2) is 0 Å². The van der Waals surface area contributed by atoms with E-state index in [-0.39, 0.29) is 11.8 Å². The van der Waals surface area contributed by atoms with Crippen molar-refractivity contribution in [1.82, 2.24) is 10.2 Å². The van der Waals surface area contributed by atoms with Gasteiger partial charge in [0.25, 0.3) is 0 Å². The monoisotopic (exact) mass is 374 g/mol. The van der Waals surface area contributed by atoms with Crippen molar-refractivity contribution in [2.45, 2.75) is 46.1 Å². The summed E-state index contributed by atoms with van der Waals surface area (Å²) in [6.07, 6.45) is 2.98. The number of nitrogens with one attached hydrogen (secondary N) is 1. The number of carbonyl (C=O) groups excluding carboxylic acids is 2. The van der Waals surface area contributed by atoms with Gasteiger partial charge in [0, 0.05) is 19.6 Å². The minimum atomic E-state index is -0.842. The molecule has 6 heteroatoms. The second-order valence-corrected chi connectivity index (χ2v) is 7.97. The number of hydrogen-bond donors (Lipinski definition) is 1. The summed E-state index contributed by atoms with van der Waals surface area (Å²) in [5.41, 5.74) is 1.39. The fourth-order valence-corrected chi connectivity index (χ4v) is 3.67. The number of carbonyl (C=O) groups is 2. The molecule has 1 aromatic carbocycles. The number of ether oxygens (including phenoxy) is 2. The van der Waals surface area contributed by atoms with Crippen LogP contribution in [0.5, 0.6) is 11.5 Å². The molecular weight excluding hydrogens is 344 g/mol. The number of hydrogen-bond acceptors (Lipinski definition) is 4. The molecule has 0 bridgehead atoms. The molecule has 1 N–H and O–H groups in total. The van der Waals surface area contributed by atoms with Gasteiger partial charge in [0.15, 0.2) is 11.5 Å². The molecular formula is C21H30N2O4. The number of benzene rings is 1. The Bertz CT molecular complexity index is 725. The average molecular weight is 374 g/mol. The summed E-state index contributed by atoms with van der Waals surface area (Å²) in [5, 5.41) is 2.97. The molecule has 0 aromatic heterocycles. The first kappa shape index (κ1) is 19.5. The molecule has 0 saturated heterocycles. The quantitative estimate of drug-likeness (QED) is 0.745. The van der Waals surface area contributed by atoms with E-state index >= 15 is 0 Å². The fourth-order valence-electron chi connectivity index (χ4n) is 3.67. The first-order valence-electron chi connectivity index (χ1n) is 9.72. The molecule has 1 saturated carbocycles. The smallest absolute Gasteiger partial charge is 0.238 e. The van der Waals surface area contributed by atoms with E-state index in [0.29, 0.717) is 49.9 Å². The van der Waals surface area contributed by atoms with E-state index in [1.807, 2.05) is 17.0 Å². The predicted octanol–water partition coefficient (Wildman–Crippen LogP) is 2.53. The van der Waals surface area contributed by atoms with E-state index < -0.39 is 5.41 Å². The largest absolute Gasteiger partial charge is 0.493 e. The van der Waals surface area contributed by atoms with E-state index in [2.05, 4.69) is 19.2 Å². The summed E-state index contributed by atoms with van der Waals surface area (Å²) in [7, 11) is 3.23. The van der Waals surface area contributed by atoms with Crippen LogP contribution < -0.4 is 14.8 Å². The van der Waals surface area contributed by atoms with Crippen LogP contribution in [0.4, 0.5) is 0 Å². The van der Waals surface area contributed by atoms with Crippen LogP contribution in [0.15, 0.2) is 12.1 Å². The fraction of sp³-hybridized carbons (Fsp3) is 0.619. The lowest BCUT2D eigenvalue weighted by Crippen LogP contribution is -2.47. The van der Waals surface area contributed by atoms with Crippen molar-refractivity contribution in [2.24, 2.45) is 11.3 Å². The maximum atomic E-state index is 13.1. The van der Waals surface area contributed by atoms with Crippen LogP contribution in [0.2, 0.25) is 0 Å². The van der Waals surface area contributed by atoms with Crippen LogP contribution in [-0.4, -0.2) is 44.0 Å². The van der Waals surface area contributed by atoms with Crippen molar-refractivity contribution in [3.63, 3.8) is 0 Å². The first-order valence-corrected chi connectivity index (χ1v) is 9.72. The van der Waals surface area contributed by atoms with Gasteiger partial charge in [0.2, 0.25) is 11.8 Å². The third kappa shape index (κ3) is 3.89. The Labute approximate surface area is 161 Å². The molecule has 3 rings (SSSR count). The van der Waals surface area contributed by atoms with Gasteiger partial charge in [-0.3, -0.25) is 9.59 Å². The van der Waals surface area contributed by atoms with Crippen LogP contribution >= 0.6 is 0 Å². The molecule has 6 nitrogen and oxygen atoms in total. The molecule has 1 aliphatic heterocycles. The highest BCUT2D eigenvalue weighted by Crippen LogP contribution is 2.48. The van der Waals surface area contributed by atoms with E-state index in [0.717, 1.165) is 18.4 Å². The number of nitrogens with zero attached hydrogens (tertiary/aromatic N) is 1. The Balaban J connectivity index is 1.69. The first-order chi connectivity index (χ1) is 12.9. The van der Waals surface area contributed by atoms with Gasteiger partial charge in [-0.2, -0.15) is 0 Å². The number of amides is 2. The highest BCUT2D eigenvalue weighted by molar-refractivity contribution is 6.07. The lowest BCUT2D eigenvalue weighted by atomic mass is 9.96. The van der Waals surface area contributed by atoms with Crippen molar-refractivity contribution in [1.29, 1.82) is 0 Å². The van der Waals surface area contributed by atoms with E-state index in [1.54, 1.807) is 14.2 Å². The molecule has 1 aliphatic carbocycles. The molecule has 27 heavy (non-hydrogen) atoms. The maximum Gasteiger partial charge on any atom is 0.238 e. The zero-order valence-electron chi connectivity index (χ0n) is 16.8. The summed E-state index contributed by atoms with van der Waals surface area (Å²) in [6.45, 7) is 6.01. The second-order valence-electron chi connectivity index (χ2n) is 7.97.